The molecule has 0 saturated heterocycles. The Morgan fingerprint density at radius 1 is 0.647 bits per heavy atom. The normalized spacial score (nSPS) is 14.0. The van der Waals surface area contributed by atoms with E-state index in [2.05, 4.69) is 15.9 Å². The summed E-state index contributed by atoms with van der Waals surface area (Å²) < 4.78 is 0.609. The van der Waals surface area contributed by atoms with Crippen LogP contribution in [0.25, 0.3) is 5.57 Å². The molecular weight excluding hydrogens is 490 g/mol. The molecule has 0 N–H and O–H groups in total. The predicted octanol–water partition coefficient (Wildman–Crippen LogP) is 6.59. The van der Waals surface area contributed by atoms with Gasteiger partial charge in [0.15, 0.2) is 5.78 Å². The molecule has 5 rings (SSSR count). The Labute approximate surface area is 205 Å². The van der Waals surface area contributed by atoms with Gasteiger partial charge in [0, 0.05) is 21.2 Å². The minimum absolute atomic E-state index is 0.0574. The minimum Gasteiger partial charge on any atom is -0.288 e. The van der Waals surface area contributed by atoms with Gasteiger partial charge < -0.3 is 0 Å². The molecule has 4 nitrogen and oxygen atoms in total. The number of carbonyl (C=O) groups is 3. The van der Waals surface area contributed by atoms with E-state index in [9.17, 15) is 14.4 Å². The van der Waals surface area contributed by atoms with Gasteiger partial charge in [-0.15, -0.1) is 0 Å². The average molecular weight is 508 g/mol. The van der Waals surface area contributed by atoms with Crippen molar-refractivity contribution >= 4 is 44.7 Å². The van der Waals surface area contributed by atoms with Crippen LogP contribution < -0.4 is 4.90 Å². The second-order valence-corrected chi connectivity index (χ2v) is 8.61. The number of rotatable bonds is 4. The first-order valence-electron chi connectivity index (χ1n) is 10.7. The summed E-state index contributed by atoms with van der Waals surface area (Å²) in [5.41, 5.74) is 2.47. The molecule has 0 radical (unpaired) electrons. The third-order valence-electron chi connectivity index (χ3n) is 5.70. The van der Waals surface area contributed by atoms with Crippen LogP contribution in [0.3, 0.4) is 0 Å². The van der Waals surface area contributed by atoms with E-state index in [1.807, 2.05) is 18.2 Å². The number of carbonyl (C=O) groups excluding carboxylic acids is 3. The molecule has 4 aromatic carbocycles. The topological polar surface area (TPSA) is 54.5 Å². The molecule has 0 aromatic heterocycles. The molecule has 0 unspecified atom stereocenters. The highest BCUT2D eigenvalue weighted by Crippen LogP contribution is 2.40. The van der Waals surface area contributed by atoms with Gasteiger partial charge in [-0.1, -0.05) is 88.7 Å². The zero-order valence-corrected chi connectivity index (χ0v) is 19.5. The van der Waals surface area contributed by atoms with Gasteiger partial charge in [0.05, 0.1) is 11.3 Å². The Hall–Kier alpha value is -4.09. The summed E-state index contributed by atoms with van der Waals surface area (Å²) in [6.45, 7) is 0. The molecule has 4 aromatic rings. The van der Waals surface area contributed by atoms with E-state index in [-0.39, 0.29) is 28.7 Å². The fraction of sp³-hybridized carbons (Fsp3) is 0. The van der Waals surface area contributed by atoms with Crippen LogP contribution in [-0.4, -0.2) is 17.5 Å². The van der Waals surface area contributed by atoms with Gasteiger partial charge in [-0.05, 0) is 42.0 Å². The molecule has 1 heterocycles. The summed E-state index contributed by atoms with van der Waals surface area (Å²) in [4.78, 5) is 42.9. The lowest BCUT2D eigenvalue weighted by Crippen LogP contribution is -2.30. The smallest absolute Gasteiger partial charge is 0.263 e. The monoisotopic (exact) mass is 507 g/mol. The number of nitrogens with zero attached hydrogens (tertiary/aromatic N) is 1. The van der Waals surface area contributed by atoms with Gasteiger partial charge >= 0.3 is 0 Å². The molecule has 5 heteroatoms. The van der Waals surface area contributed by atoms with Gasteiger partial charge in [0.25, 0.3) is 5.91 Å². The second kappa shape index (κ2) is 9.04. The maximum atomic E-state index is 14.0. The van der Waals surface area contributed by atoms with Crippen molar-refractivity contribution in [3.63, 3.8) is 0 Å². The summed E-state index contributed by atoms with van der Waals surface area (Å²) in [6, 6.07) is 31.8. The van der Waals surface area contributed by atoms with Crippen molar-refractivity contribution in [2.24, 2.45) is 0 Å². The van der Waals surface area contributed by atoms with Crippen molar-refractivity contribution in [1.29, 1.82) is 0 Å². The van der Waals surface area contributed by atoms with Crippen molar-refractivity contribution in [3.05, 3.63) is 142 Å². The SMILES string of the molecule is O=C(/C(=C1\C(=O)c2ccccc2N1C(=O)c1ccccc1)c1ccccc1)c1ccccc1Br. The standard InChI is InChI=1S/C29H18BrNO3/c30-23-17-9-7-15-21(23)27(32)25(19-11-3-1-4-12-19)26-28(33)22-16-8-10-18-24(22)31(26)29(34)20-13-5-2-6-14-20/h1-18H/b26-25+. The Balaban J connectivity index is 1.82. The maximum absolute atomic E-state index is 14.0. The van der Waals surface area contributed by atoms with E-state index < -0.39 is 0 Å². The van der Waals surface area contributed by atoms with Crippen LogP contribution >= 0.6 is 15.9 Å². The second-order valence-electron chi connectivity index (χ2n) is 7.75. The number of para-hydroxylation sites is 1. The maximum Gasteiger partial charge on any atom is 0.263 e. The fourth-order valence-corrected chi connectivity index (χ4v) is 4.58. The molecule has 34 heavy (non-hydrogen) atoms. The third-order valence-corrected chi connectivity index (χ3v) is 6.39. The van der Waals surface area contributed by atoms with Gasteiger partial charge in [-0.25, -0.2) is 0 Å². The van der Waals surface area contributed by atoms with Gasteiger partial charge in [-0.3, -0.25) is 19.3 Å². The van der Waals surface area contributed by atoms with Crippen molar-refractivity contribution in [1.82, 2.24) is 0 Å². The quantitative estimate of drug-likeness (QED) is 0.231. The lowest BCUT2D eigenvalue weighted by Gasteiger charge is -2.22. The van der Waals surface area contributed by atoms with Crippen LogP contribution in [0.1, 0.15) is 36.6 Å². The van der Waals surface area contributed by atoms with Crippen LogP contribution in [-0.2, 0) is 0 Å². The third kappa shape index (κ3) is 3.70. The molecule has 1 amide bonds. The summed E-state index contributed by atoms with van der Waals surface area (Å²) in [5.74, 6) is -1.08. The molecule has 1 aliphatic heterocycles. The number of hydrogen-bond donors (Lipinski definition) is 0. The first kappa shape index (κ1) is 21.7. The van der Waals surface area contributed by atoms with E-state index in [0.717, 1.165) is 0 Å². The number of allylic oxidation sites excluding steroid dienone is 2. The van der Waals surface area contributed by atoms with Gasteiger partial charge in [0.1, 0.15) is 5.70 Å². The van der Waals surface area contributed by atoms with Crippen LogP contribution in [0.15, 0.2) is 119 Å². The molecule has 0 saturated carbocycles. The van der Waals surface area contributed by atoms with Crippen LogP contribution in [0.2, 0.25) is 0 Å². The zero-order chi connectivity index (χ0) is 23.7. The predicted molar refractivity (Wildman–Crippen MR) is 136 cm³/mol. The molecule has 0 fully saturated rings. The minimum atomic E-state index is -0.373. The lowest BCUT2D eigenvalue weighted by atomic mass is 9.93. The number of amides is 1. The van der Waals surface area contributed by atoms with Crippen LogP contribution in [0.5, 0.6) is 0 Å². The zero-order valence-electron chi connectivity index (χ0n) is 17.9. The molecule has 0 aliphatic carbocycles. The number of ketones is 2. The van der Waals surface area contributed by atoms with Crippen molar-refractivity contribution < 1.29 is 14.4 Å². The summed E-state index contributed by atoms with van der Waals surface area (Å²) in [6.07, 6.45) is 0. The van der Waals surface area contributed by atoms with E-state index in [0.29, 0.717) is 32.4 Å². The van der Waals surface area contributed by atoms with Crippen LogP contribution in [0.4, 0.5) is 5.69 Å². The lowest BCUT2D eigenvalue weighted by molar-refractivity contribution is 0.0972. The van der Waals surface area contributed by atoms with E-state index in [1.165, 1.54) is 4.90 Å². The van der Waals surface area contributed by atoms with E-state index in [1.54, 1.807) is 91.0 Å². The van der Waals surface area contributed by atoms with Gasteiger partial charge in [0.2, 0.25) is 5.78 Å². The number of anilines is 1. The average Bonchev–Trinajstić information content (AvgIpc) is 3.17. The largest absolute Gasteiger partial charge is 0.288 e. The summed E-state index contributed by atoms with van der Waals surface area (Å²) in [7, 11) is 0. The molecule has 0 bridgehead atoms. The number of benzene rings is 4. The molecular formula is C29H18BrNO3. The van der Waals surface area contributed by atoms with Crippen molar-refractivity contribution in [3.8, 4) is 0 Å². The highest BCUT2D eigenvalue weighted by molar-refractivity contribution is 9.10. The van der Waals surface area contributed by atoms with Crippen molar-refractivity contribution in [2.45, 2.75) is 0 Å². The molecule has 1 aliphatic rings. The Kier molecular flexibility index (Phi) is 5.78. The Morgan fingerprint density at radius 2 is 1.21 bits per heavy atom. The highest BCUT2D eigenvalue weighted by Gasteiger charge is 2.40. The number of hydrogen-bond acceptors (Lipinski definition) is 3. The first-order valence-corrected chi connectivity index (χ1v) is 11.5. The van der Waals surface area contributed by atoms with E-state index >= 15 is 0 Å². The first-order chi connectivity index (χ1) is 16.6. The number of Topliss-reactive ketones (excluding diaryl/α,β-unsaturated/α-hetero) is 2. The number of fused-ring (bicyclic) bond motifs is 1. The highest BCUT2D eigenvalue weighted by atomic mass is 79.9. The molecule has 164 valence electrons. The number of halogens is 1. The summed E-state index contributed by atoms with van der Waals surface area (Å²) >= 11 is 3.46. The summed E-state index contributed by atoms with van der Waals surface area (Å²) in [5, 5.41) is 0. The Bertz CT molecular complexity index is 1460. The Morgan fingerprint density at radius 3 is 1.88 bits per heavy atom. The fourth-order valence-electron chi connectivity index (χ4n) is 4.12. The van der Waals surface area contributed by atoms with E-state index in [4.69, 9.17) is 0 Å². The van der Waals surface area contributed by atoms with Crippen LogP contribution in [0, 0.1) is 0 Å². The molecule has 0 spiro atoms. The van der Waals surface area contributed by atoms with Gasteiger partial charge in [-0.2, -0.15) is 0 Å². The molecule has 0 atom stereocenters. The van der Waals surface area contributed by atoms with Crippen molar-refractivity contribution in [2.75, 3.05) is 4.90 Å².